The Bertz CT molecular complexity index is 1340. The molecule has 4 rings (SSSR count). The molecule has 3 aromatic rings. The standard InChI is InChI=1S/C26H24F3N5O2S/c1-3-17-5-4-6-18(11-17)16-36-24-22(14-31-25(32-24)34-10-9-33(2)23(35)15-34)37-20-8-7-19(13-30)21(12-20)26(27,28)29/h4-8,11-12,14H,3,9-10,15-16H2,1-2H3. The van der Waals surface area contributed by atoms with Gasteiger partial charge in [0.05, 0.1) is 34.8 Å². The number of aromatic nitrogens is 2. The highest BCUT2D eigenvalue weighted by molar-refractivity contribution is 7.99. The number of hydrogen-bond donors (Lipinski definition) is 0. The van der Waals surface area contributed by atoms with E-state index >= 15 is 0 Å². The van der Waals surface area contributed by atoms with Crippen molar-refractivity contribution in [2.24, 2.45) is 0 Å². The number of piperazine rings is 1. The summed E-state index contributed by atoms with van der Waals surface area (Å²) in [6.07, 6.45) is -2.32. The fourth-order valence-corrected chi connectivity index (χ4v) is 4.60. The maximum atomic E-state index is 13.5. The number of rotatable bonds is 7. The zero-order valence-electron chi connectivity index (χ0n) is 20.2. The Hall–Kier alpha value is -3.78. The second kappa shape index (κ2) is 11.1. The van der Waals surface area contributed by atoms with Crippen molar-refractivity contribution in [1.29, 1.82) is 5.26 Å². The summed E-state index contributed by atoms with van der Waals surface area (Å²) in [5.74, 6) is 0.435. The topological polar surface area (TPSA) is 82.3 Å². The van der Waals surface area contributed by atoms with Gasteiger partial charge in [0.2, 0.25) is 17.7 Å². The molecule has 0 N–H and O–H groups in total. The van der Waals surface area contributed by atoms with Gasteiger partial charge in [-0.25, -0.2) is 4.98 Å². The van der Waals surface area contributed by atoms with E-state index in [9.17, 15) is 18.0 Å². The highest BCUT2D eigenvalue weighted by atomic mass is 32.2. The lowest BCUT2D eigenvalue weighted by atomic mass is 10.1. The van der Waals surface area contributed by atoms with Crippen molar-refractivity contribution in [3.8, 4) is 11.9 Å². The summed E-state index contributed by atoms with van der Waals surface area (Å²) < 4.78 is 46.5. The maximum Gasteiger partial charge on any atom is 0.417 e. The highest BCUT2D eigenvalue weighted by Gasteiger charge is 2.34. The number of nitrogens with zero attached hydrogens (tertiary/aromatic N) is 5. The van der Waals surface area contributed by atoms with E-state index in [0.29, 0.717) is 23.9 Å². The average molecular weight is 528 g/mol. The van der Waals surface area contributed by atoms with Crippen molar-refractivity contribution in [1.82, 2.24) is 14.9 Å². The third-order valence-corrected chi connectivity index (χ3v) is 6.86. The molecule has 1 amide bonds. The molecule has 0 unspecified atom stereocenters. The van der Waals surface area contributed by atoms with E-state index in [0.717, 1.165) is 41.4 Å². The largest absolute Gasteiger partial charge is 0.472 e. The van der Waals surface area contributed by atoms with Crippen LogP contribution in [0.5, 0.6) is 5.88 Å². The first-order valence-electron chi connectivity index (χ1n) is 11.5. The number of amides is 1. The molecule has 0 spiro atoms. The van der Waals surface area contributed by atoms with Crippen LogP contribution in [0, 0.1) is 11.3 Å². The van der Waals surface area contributed by atoms with E-state index in [1.807, 2.05) is 24.3 Å². The minimum absolute atomic E-state index is 0.0654. The van der Waals surface area contributed by atoms with Gasteiger partial charge in [0.15, 0.2) is 0 Å². The van der Waals surface area contributed by atoms with Crippen LogP contribution in [-0.4, -0.2) is 47.5 Å². The molecule has 0 bridgehead atoms. The van der Waals surface area contributed by atoms with E-state index in [-0.39, 0.29) is 29.8 Å². The van der Waals surface area contributed by atoms with E-state index in [2.05, 4.69) is 16.9 Å². The lowest BCUT2D eigenvalue weighted by molar-refractivity contribution is -0.138. The first-order chi connectivity index (χ1) is 17.7. The monoisotopic (exact) mass is 527 g/mol. The van der Waals surface area contributed by atoms with Gasteiger partial charge in [-0.2, -0.15) is 23.4 Å². The molecular weight excluding hydrogens is 503 g/mol. The van der Waals surface area contributed by atoms with Crippen LogP contribution >= 0.6 is 11.8 Å². The second-order valence-electron chi connectivity index (χ2n) is 8.46. The van der Waals surface area contributed by atoms with Gasteiger partial charge in [0.25, 0.3) is 0 Å². The SMILES string of the molecule is CCc1cccc(COc2nc(N3CCN(C)C(=O)C3)ncc2Sc2ccc(C#N)c(C(F)(F)F)c2)c1. The lowest BCUT2D eigenvalue weighted by Crippen LogP contribution is -2.49. The van der Waals surface area contributed by atoms with Crippen LogP contribution < -0.4 is 9.64 Å². The van der Waals surface area contributed by atoms with Crippen molar-refractivity contribution in [3.63, 3.8) is 0 Å². The Morgan fingerprint density at radius 3 is 2.65 bits per heavy atom. The summed E-state index contributed by atoms with van der Waals surface area (Å²) in [5.41, 5.74) is 0.609. The molecule has 2 heterocycles. The van der Waals surface area contributed by atoms with Gasteiger partial charge < -0.3 is 14.5 Å². The quantitative estimate of drug-likeness (QED) is 0.431. The van der Waals surface area contributed by atoms with Crippen molar-refractivity contribution >= 4 is 23.6 Å². The molecule has 1 fully saturated rings. The Morgan fingerprint density at radius 2 is 1.95 bits per heavy atom. The number of aryl methyl sites for hydroxylation is 1. The number of alkyl halides is 3. The number of anilines is 1. The van der Waals surface area contributed by atoms with Crippen LogP contribution in [0.1, 0.15) is 29.2 Å². The highest BCUT2D eigenvalue weighted by Crippen LogP contribution is 2.39. The summed E-state index contributed by atoms with van der Waals surface area (Å²) in [7, 11) is 1.73. The minimum atomic E-state index is -4.67. The maximum absolute atomic E-state index is 13.5. The van der Waals surface area contributed by atoms with Gasteiger partial charge in [-0.05, 0) is 35.7 Å². The van der Waals surface area contributed by atoms with E-state index in [1.165, 1.54) is 12.3 Å². The van der Waals surface area contributed by atoms with Crippen LogP contribution in [-0.2, 0) is 24.0 Å². The number of nitriles is 1. The molecule has 192 valence electrons. The van der Waals surface area contributed by atoms with Gasteiger partial charge in [-0.1, -0.05) is 43.0 Å². The molecule has 1 aliphatic rings. The number of ether oxygens (including phenoxy) is 1. The normalized spacial score (nSPS) is 14.0. The molecule has 2 aromatic carbocycles. The van der Waals surface area contributed by atoms with Gasteiger partial charge in [-0.15, -0.1) is 0 Å². The molecule has 0 radical (unpaired) electrons. The van der Waals surface area contributed by atoms with Crippen molar-refractivity contribution in [2.45, 2.75) is 35.9 Å². The van der Waals surface area contributed by atoms with Crippen LogP contribution in [0.15, 0.2) is 58.5 Å². The predicted molar refractivity (Wildman–Crippen MR) is 132 cm³/mol. The van der Waals surface area contributed by atoms with Gasteiger partial charge in [-0.3, -0.25) is 4.79 Å². The number of halogens is 3. The van der Waals surface area contributed by atoms with E-state index in [1.54, 1.807) is 22.9 Å². The summed E-state index contributed by atoms with van der Waals surface area (Å²) >= 11 is 1.01. The minimum Gasteiger partial charge on any atom is -0.472 e. The molecule has 11 heteroatoms. The predicted octanol–water partition coefficient (Wildman–Crippen LogP) is 4.94. The summed E-state index contributed by atoms with van der Waals surface area (Å²) in [4.78, 5) is 25.1. The number of likely N-dealkylation sites (N-methyl/N-ethyl adjacent to an activating group) is 1. The number of carbonyl (C=O) groups excluding carboxylic acids is 1. The summed E-state index contributed by atoms with van der Waals surface area (Å²) in [6, 6.07) is 13.0. The van der Waals surface area contributed by atoms with Crippen LogP contribution in [0.2, 0.25) is 0 Å². The Labute approximate surface area is 216 Å². The average Bonchev–Trinajstić information content (AvgIpc) is 2.89. The van der Waals surface area contributed by atoms with Gasteiger partial charge in [0, 0.05) is 25.0 Å². The van der Waals surface area contributed by atoms with Crippen molar-refractivity contribution < 1.29 is 22.7 Å². The molecule has 1 aliphatic heterocycles. The van der Waals surface area contributed by atoms with Gasteiger partial charge >= 0.3 is 6.18 Å². The smallest absolute Gasteiger partial charge is 0.417 e. The Balaban J connectivity index is 1.65. The van der Waals surface area contributed by atoms with Gasteiger partial charge in [0.1, 0.15) is 6.61 Å². The Morgan fingerprint density at radius 1 is 1.16 bits per heavy atom. The molecule has 0 saturated carbocycles. The molecular formula is C26H24F3N5O2S. The molecule has 1 saturated heterocycles. The summed E-state index contributed by atoms with van der Waals surface area (Å²) in [5, 5.41) is 9.08. The first kappa shape index (κ1) is 26.3. The molecule has 1 aromatic heterocycles. The van der Waals surface area contributed by atoms with Crippen molar-refractivity contribution in [2.75, 3.05) is 31.6 Å². The third-order valence-electron chi connectivity index (χ3n) is 5.87. The van der Waals surface area contributed by atoms with Crippen molar-refractivity contribution in [3.05, 3.63) is 70.9 Å². The molecule has 7 nitrogen and oxygen atoms in total. The lowest BCUT2D eigenvalue weighted by Gasteiger charge is -2.32. The number of hydrogen-bond acceptors (Lipinski definition) is 7. The molecule has 37 heavy (non-hydrogen) atoms. The zero-order chi connectivity index (χ0) is 26.6. The molecule has 0 aliphatic carbocycles. The number of benzene rings is 2. The zero-order valence-corrected chi connectivity index (χ0v) is 21.1. The first-order valence-corrected chi connectivity index (χ1v) is 12.4. The Kier molecular flexibility index (Phi) is 7.88. The molecule has 0 atom stereocenters. The van der Waals surface area contributed by atoms with E-state index in [4.69, 9.17) is 10.00 Å². The van der Waals surface area contributed by atoms with Crippen LogP contribution in [0.4, 0.5) is 19.1 Å². The van der Waals surface area contributed by atoms with Crippen LogP contribution in [0.3, 0.4) is 0 Å². The fourth-order valence-electron chi connectivity index (χ4n) is 3.74. The van der Waals surface area contributed by atoms with Crippen LogP contribution in [0.25, 0.3) is 0 Å². The van der Waals surface area contributed by atoms with E-state index < -0.39 is 17.3 Å². The second-order valence-corrected chi connectivity index (χ2v) is 9.57. The third kappa shape index (κ3) is 6.32. The fraction of sp³-hybridized carbons (Fsp3) is 0.308. The summed E-state index contributed by atoms with van der Waals surface area (Å²) in [6.45, 7) is 3.42. The number of carbonyl (C=O) groups is 1.